The van der Waals surface area contributed by atoms with E-state index in [1.165, 1.54) is 4.90 Å². The summed E-state index contributed by atoms with van der Waals surface area (Å²) in [6, 6.07) is 24.3. The zero-order chi connectivity index (χ0) is 24.8. The van der Waals surface area contributed by atoms with E-state index in [1.54, 1.807) is 34.9 Å². The molecule has 0 saturated heterocycles. The quantitative estimate of drug-likeness (QED) is 0.323. The lowest BCUT2D eigenvalue weighted by molar-refractivity contribution is -0.116. The molecule has 7 heteroatoms. The number of nitrogens with one attached hydrogen (secondary N) is 1. The summed E-state index contributed by atoms with van der Waals surface area (Å²) in [7, 11) is 0. The van der Waals surface area contributed by atoms with Gasteiger partial charge in [-0.2, -0.15) is 0 Å². The highest BCUT2D eigenvalue weighted by Gasteiger charge is 2.21. The molecule has 3 aromatic carbocycles. The maximum absolute atomic E-state index is 13.1. The van der Waals surface area contributed by atoms with E-state index in [-0.39, 0.29) is 24.9 Å². The lowest BCUT2D eigenvalue weighted by Gasteiger charge is -2.21. The van der Waals surface area contributed by atoms with Crippen molar-refractivity contribution in [2.75, 3.05) is 18.4 Å². The molecule has 1 heterocycles. The molecule has 4 rings (SSSR count). The Bertz CT molecular complexity index is 1360. The van der Waals surface area contributed by atoms with Gasteiger partial charge in [-0.25, -0.2) is 4.98 Å². The van der Waals surface area contributed by atoms with Crippen LogP contribution in [0.5, 0.6) is 0 Å². The molecule has 4 aromatic rings. The van der Waals surface area contributed by atoms with Gasteiger partial charge in [0.25, 0.3) is 5.91 Å². The third-order valence-corrected chi connectivity index (χ3v) is 5.69. The first kappa shape index (κ1) is 24.0. The second-order valence-electron chi connectivity index (χ2n) is 8.00. The highest BCUT2D eigenvalue weighted by atomic mass is 35.5. The Morgan fingerprint density at radius 1 is 1.06 bits per heavy atom. The Balaban J connectivity index is 1.62. The molecule has 6 nitrogen and oxygen atoms in total. The lowest BCUT2D eigenvalue weighted by Crippen LogP contribution is -2.38. The van der Waals surface area contributed by atoms with Gasteiger partial charge in [-0.15, -0.1) is 6.58 Å². The molecule has 0 radical (unpaired) electrons. The van der Waals surface area contributed by atoms with Crippen LogP contribution < -0.4 is 5.32 Å². The Labute approximate surface area is 209 Å². The molecule has 0 spiro atoms. The number of rotatable bonds is 8. The minimum absolute atomic E-state index is 0.151. The van der Waals surface area contributed by atoms with Crippen molar-refractivity contribution >= 4 is 29.4 Å². The molecular weight excluding hydrogens is 460 g/mol. The number of aromatic nitrogens is 2. The standard InChI is InChI=1S/C28H25ClN4O2/c1-3-16-32(27(35)24-15-8-7-10-20(24)2)19-26(34)31-28-30-25(21-11-5-4-6-12-21)18-33(28)23-14-9-13-22(29)17-23/h3-15,17-18H,1,16,19H2,2H3,(H,30,31,34). The molecule has 35 heavy (non-hydrogen) atoms. The van der Waals surface area contributed by atoms with Crippen LogP contribution in [0.2, 0.25) is 5.02 Å². The molecule has 0 aliphatic rings. The maximum atomic E-state index is 13.1. The van der Waals surface area contributed by atoms with Crippen LogP contribution in [0.25, 0.3) is 16.9 Å². The summed E-state index contributed by atoms with van der Waals surface area (Å²) in [6.45, 7) is 5.69. The molecule has 176 valence electrons. The summed E-state index contributed by atoms with van der Waals surface area (Å²) in [4.78, 5) is 32.3. The summed E-state index contributed by atoms with van der Waals surface area (Å²) in [5.41, 5.74) is 3.75. The molecule has 0 aliphatic heterocycles. The van der Waals surface area contributed by atoms with E-state index < -0.39 is 0 Å². The predicted octanol–water partition coefficient (Wildman–Crippen LogP) is 5.77. The number of amides is 2. The molecular formula is C28H25ClN4O2. The van der Waals surface area contributed by atoms with E-state index in [1.807, 2.05) is 67.7 Å². The highest BCUT2D eigenvalue weighted by Crippen LogP contribution is 2.25. The van der Waals surface area contributed by atoms with E-state index in [4.69, 9.17) is 11.6 Å². The van der Waals surface area contributed by atoms with Crippen LogP contribution in [0.15, 0.2) is 97.7 Å². The van der Waals surface area contributed by atoms with Crippen molar-refractivity contribution in [1.82, 2.24) is 14.5 Å². The Hall–Kier alpha value is -4.16. The van der Waals surface area contributed by atoms with Gasteiger partial charge in [0.2, 0.25) is 11.9 Å². The third-order valence-electron chi connectivity index (χ3n) is 5.46. The minimum Gasteiger partial charge on any atom is -0.326 e. The van der Waals surface area contributed by atoms with E-state index in [0.717, 1.165) is 16.8 Å². The molecule has 0 saturated carbocycles. The number of carbonyl (C=O) groups is 2. The monoisotopic (exact) mass is 484 g/mol. The fourth-order valence-corrected chi connectivity index (χ4v) is 3.92. The second-order valence-corrected chi connectivity index (χ2v) is 8.44. The highest BCUT2D eigenvalue weighted by molar-refractivity contribution is 6.30. The van der Waals surface area contributed by atoms with Crippen molar-refractivity contribution in [3.05, 3.63) is 114 Å². The first-order valence-electron chi connectivity index (χ1n) is 11.1. The first-order valence-corrected chi connectivity index (χ1v) is 11.5. The summed E-state index contributed by atoms with van der Waals surface area (Å²) < 4.78 is 1.77. The van der Waals surface area contributed by atoms with E-state index in [9.17, 15) is 9.59 Å². The fraction of sp³-hybridized carbons (Fsp3) is 0.107. The average Bonchev–Trinajstić information content (AvgIpc) is 3.28. The van der Waals surface area contributed by atoms with Gasteiger partial charge in [-0.3, -0.25) is 19.5 Å². The minimum atomic E-state index is -0.373. The number of halogens is 1. The van der Waals surface area contributed by atoms with Gasteiger partial charge in [0.1, 0.15) is 6.54 Å². The van der Waals surface area contributed by atoms with Gasteiger partial charge in [-0.05, 0) is 36.8 Å². The van der Waals surface area contributed by atoms with Gasteiger partial charge in [0.15, 0.2) is 0 Å². The zero-order valence-electron chi connectivity index (χ0n) is 19.3. The molecule has 1 N–H and O–H groups in total. The normalized spacial score (nSPS) is 10.6. The third kappa shape index (κ3) is 5.67. The first-order chi connectivity index (χ1) is 17.0. The van der Waals surface area contributed by atoms with Crippen LogP contribution >= 0.6 is 11.6 Å². The Morgan fingerprint density at radius 3 is 2.51 bits per heavy atom. The van der Waals surface area contributed by atoms with Crippen molar-refractivity contribution in [2.24, 2.45) is 0 Å². The van der Waals surface area contributed by atoms with Crippen molar-refractivity contribution in [1.29, 1.82) is 0 Å². The van der Waals surface area contributed by atoms with Crippen molar-refractivity contribution in [3.8, 4) is 16.9 Å². The number of hydrogen-bond acceptors (Lipinski definition) is 3. The number of benzene rings is 3. The van der Waals surface area contributed by atoms with Crippen LogP contribution in [-0.4, -0.2) is 39.4 Å². The number of hydrogen-bond donors (Lipinski definition) is 1. The lowest BCUT2D eigenvalue weighted by atomic mass is 10.1. The van der Waals surface area contributed by atoms with Crippen LogP contribution in [0, 0.1) is 6.92 Å². The molecule has 0 unspecified atom stereocenters. The van der Waals surface area contributed by atoms with Gasteiger partial charge >= 0.3 is 0 Å². The topological polar surface area (TPSA) is 67.2 Å². The van der Waals surface area contributed by atoms with E-state index >= 15 is 0 Å². The summed E-state index contributed by atoms with van der Waals surface area (Å²) >= 11 is 6.21. The molecule has 0 bridgehead atoms. The molecule has 0 atom stereocenters. The molecule has 2 amide bonds. The fourth-order valence-electron chi connectivity index (χ4n) is 3.74. The van der Waals surface area contributed by atoms with Crippen molar-refractivity contribution < 1.29 is 9.59 Å². The summed E-state index contributed by atoms with van der Waals surface area (Å²) in [6.07, 6.45) is 3.44. The summed E-state index contributed by atoms with van der Waals surface area (Å²) in [5.74, 6) is -0.276. The number of anilines is 1. The van der Waals surface area contributed by atoms with Crippen LogP contribution in [0.3, 0.4) is 0 Å². The smallest absolute Gasteiger partial charge is 0.254 e. The number of nitrogens with zero attached hydrogens (tertiary/aromatic N) is 3. The van der Waals surface area contributed by atoms with Crippen molar-refractivity contribution in [2.45, 2.75) is 6.92 Å². The Morgan fingerprint density at radius 2 is 1.80 bits per heavy atom. The SMILES string of the molecule is C=CCN(CC(=O)Nc1nc(-c2ccccc2)cn1-c1cccc(Cl)c1)C(=O)c1ccccc1C. The van der Waals surface area contributed by atoms with Crippen LogP contribution in [0.4, 0.5) is 5.95 Å². The second kappa shape index (κ2) is 10.8. The number of imidazole rings is 1. The van der Waals surface area contributed by atoms with E-state index in [2.05, 4.69) is 16.9 Å². The Kier molecular flexibility index (Phi) is 7.43. The van der Waals surface area contributed by atoms with Crippen LogP contribution in [-0.2, 0) is 4.79 Å². The predicted molar refractivity (Wildman–Crippen MR) is 140 cm³/mol. The van der Waals surface area contributed by atoms with E-state index in [0.29, 0.717) is 22.2 Å². The van der Waals surface area contributed by atoms with Gasteiger partial charge in [0, 0.05) is 34.6 Å². The number of aryl methyl sites for hydroxylation is 1. The average molecular weight is 485 g/mol. The summed E-state index contributed by atoms with van der Waals surface area (Å²) in [5, 5.41) is 3.44. The number of carbonyl (C=O) groups excluding carboxylic acids is 2. The van der Waals surface area contributed by atoms with Crippen molar-refractivity contribution in [3.63, 3.8) is 0 Å². The van der Waals surface area contributed by atoms with Crippen LogP contribution in [0.1, 0.15) is 15.9 Å². The molecule has 1 aromatic heterocycles. The largest absolute Gasteiger partial charge is 0.326 e. The van der Waals surface area contributed by atoms with Gasteiger partial charge in [0.05, 0.1) is 5.69 Å². The van der Waals surface area contributed by atoms with Gasteiger partial charge < -0.3 is 4.90 Å². The maximum Gasteiger partial charge on any atom is 0.254 e. The molecule has 0 fully saturated rings. The molecule has 0 aliphatic carbocycles. The zero-order valence-corrected chi connectivity index (χ0v) is 20.1. The van der Waals surface area contributed by atoms with Gasteiger partial charge in [-0.1, -0.05) is 72.3 Å².